The first-order valence-electron chi connectivity index (χ1n) is 4.00. The summed E-state index contributed by atoms with van der Waals surface area (Å²) in [6.45, 7) is 0. The molecule has 2 aromatic heterocycles. The Bertz CT molecular complexity index is 428. The van der Waals surface area contributed by atoms with Crippen LogP contribution < -0.4 is 4.74 Å². The van der Waals surface area contributed by atoms with E-state index in [1.54, 1.807) is 12.4 Å². The van der Waals surface area contributed by atoms with E-state index >= 15 is 0 Å². The first kappa shape index (κ1) is 8.68. The maximum atomic E-state index is 13.2. The zero-order valence-electron chi connectivity index (χ0n) is 7.49. The molecule has 0 aliphatic rings. The van der Waals surface area contributed by atoms with Gasteiger partial charge in [-0.1, -0.05) is 0 Å². The zero-order chi connectivity index (χ0) is 9.97. The van der Waals surface area contributed by atoms with Crippen LogP contribution in [0.3, 0.4) is 0 Å². The third-order valence-electron chi connectivity index (χ3n) is 1.77. The van der Waals surface area contributed by atoms with Gasteiger partial charge < -0.3 is 9.72 Å². The normalized spacial score (nSPS) is 10.1. The Balaban J connectivity index is 2.43. The van der Waals surface area contributed by atoms with E-state index in [9.17, 15) is 4.39 Å². The van der Waals surface area contributed by atoms with Crippen LogP contribution in [0.2, 0.25) is 0 Å². The molecular formula is C9H8FN3O. The lowest BCUT2D eigenvalue weighted by molar-refractivity contribution is 0.369. The van der Waals surface area contributed by atoms with Gasteiger partial charge in [0.05, 0.1) is 7.11 Å². The average molecular weight is 193 g/mol. The van der Waals surface area contributed by atoms with Gasteiger partial charge in [0, 0.05) is 24.2 Å². The van der Waals surface area contributed by atoms with Gasteiger partial charge in [-0.2, -0.15) is 0 Å². The Morgan fingerprint density at radius 3 is 2.86 bits per heavy atom. The molecule has 0 saturated heterocycles. The average Bonchev–Trinajstić information content (AvgIpc) is 2.70. The molecule has 0 amide bonds. The van der Waals surface area contributed by atoms with Gasteiger partial charge in [-0.25, -0.2) is 14.4 Å². The lowest BCUT2D eigenvalue weighted by Crippen LogP contribution is -1.93. The number of nitrogens with one attached hydrogen (secondary N) is 1. The van der Waals surface area contributed by atoms with Crippen LogP contribution in [-0.2, 0) is 0 Å². The van der Waals surface area contributed by atoms with Gasteiger partial charge >= 0.3 is 0 Å². The smallest absolute Gasteiger partial charge is 0.250 e. The number of nitrogens with zero attached hydrogens (tertiary/aromatic N) is 2. The summed E-state index contributed by atoms with van der Waals surface area (Å²) in [5, 5.41) is 0. The molecule has 0 radical (unpaired) electrons. The van der Waals surface area contributed by atoms with Crippen LogP contribution in [0.5, 0.6) is 5.88 Å². The maximum Gasteiger partial charge on any atom is 0.250 e. The van der Waals surface area contributed by atoms with Gasteiger partial charge in [0.1, 0.15) is 5.82 Å². The third kappa shape index (κ3) is 1.44. The minimum Gasteiger partial charge on any atom is -0.479 e. The van der Waals surface area contributed by atoms with Crippen LogP contribution in [0.25, 0.3) is 11.4 Å². The number of H-pyrrole nitrogens is 1. The van der Waals surface area contributed by atoms with E-state index in [-0.39, 0.29) is 5.88 Å². The summed E-state index contributed by atoms with van der Waals surface area (Å²) in [6.07, 6.45) is 4.76. The van der Waals surface area contributed by atoms with Gasteiger partial charge in [0.15, 0.2) is 5.82 Å². The largest absolute Gasteiger partial charge is 0.479 e. The van der Waals surface area contributed by atoms with Crippen LogP contribution in [0, 0.1) is 5.82 Å². The number of aromatic amines is 1. The molecule has 0 unspecified atom stereocenters. The lowest BCUT2D eigenvalue weighted by Gasteiger charge is -2.01. The molecule has 1 N–H and O–H groups in total. The van der Waals surface area contributed by atoms with Crippen molar-refractivity contribution in [2.75, 3.05) is 7.11 Å². The summed E-state index contributed by atoms with van der Waals surface area (Å²) < 4.78 is 17.9. The zero-order valence-corrected chi connectivity index (χ0v) is 7.49. The standard InChI is InChI=1S/C9H8FN3O/c1-14-9-7(10)4-6(5-13-9)8-11-2-3-12-8/h2-5H,1H3,(H,11,12). The Hall–Kier alpha value is -1.91. The topological polar surface area (TPSA) is 50.8 Å². The predicted octanol–water partition coefficient (Wildman–Crippen LogP) is 1.62. The van der Waals surface area contributed by atoms with Gasteiger partial charge in [-0.05, 0) is 6.07 Å². The molecule has 0 bridgehead atoms. The number of imidazole rings is 1. The van der Waals surface area contributed by atoms with Crippen molar-refractivity contribution >= 4 is 0 Å². The third-order valence-corrected chi connectivity index (χ3v) is 1.77. The fourth-order valence-electron chi connectivity index (χ4n) is 1.13. The molecular weight excluding hydrogens is 185 g/mol. The molecule has 0 spiro atoms. The van der Waals surface area contributed by atoms with Crippen molar-refractivity contribution < 1.29 is 9.13 Å². The number of aromatic nitrogens is 3. The van der Waals surface area contributed by atoms with E-state index < -0.39 is 5.82 Å². The van der Waals surface area contributed by atoms with E-state index in [1.807, 2.05) is 0 Å². The molecule has 0 fully saturated rings. The Kier molecular flexibility index (Phi) is 2.14. The van der Waals surface area contributed by atoms with E-state index in [2.05, 4.69) is 15.0 Å². The Morgan fingerprint density at radius 1 is 1.43 bits per heavy atom. The second-order valence-electron chi connectivity index (χ2n) is 2.65. The monoisotopic (exact) mass is 193 g/mol. The van der Waals surface area contributed by atoms with Crippen LogP contribution in [0.15, 0.2) is 24.7 Å². The summed E-state index contributed by atoms with van der Waals surface area (Å²) in [5.74, 6) is 0.0701. The molecule has 4 nitrogen and oxygen atoms in total. The molecule has 0 saturated carbocycles. The van der Waals surface area contributed by atoms with Crippen LogP contribution in [0.4, 0.5) is 4.39 Å². The van der Waals surface area contributed by atoms with Crippen LogP contribution in [0.1, 0.15) is 0 Å². The number of hydrogen-bond donors (Lipinski definition) is 1. The van der Waals surface area contributed by atoms with Crippen molar-refractivity contribution in [1.82, 2.24) is 15.0 Å². The van der Waals surface area contributed by atoms with Crippen molar-refractivity contribution in [3.05, 3.63) is 30.5 Å². The molecule has 0 aliphatic heterocycles. The van der Waals surface area contributed by atoms with Crippen molar-refractivity contribution in [2.24, 2.45) is 0 Å². The first-order valence-corrected chi connectivity index (χ1v) is 4.00. The molecule has 14 heavy (non-hydrogen) atoms. The predicted molar refractivity (Wildman–Crippen MR) is 48.3 cm³/mol. The fourth-order valence-corrected chi connectivity index (χ4v) is 1.13. The highest BCUT2D eigenvalue weighted by molar-refractivity contribution is 5.53. The van der Waals surface area contributed by atoms with Gasteiger partial charge in [-0.3, -0.25) is 0 Å². The van der Waals surface area contributed by atoms with Gasteiger partial charge in [0.25, 0.3) is 0 Å². The number of ether oxygens (including phenoxy) is 1. The van der Waals surface area contributed by atoms with Gasteiger partial charge in [0.2, 0.25) is 5.88 Å². The van der Waals surface area contributed by atoms with Crippen molar-refractivity contribution in [3.63, 3.8) is 0 Å². The Morgan fingerprint density at radius 2 is 2.29 bits per heavy atom. The summed E-state index contributed by atoms with van der Waals surface area (Å²) in [5.41, 5.74) is 0.591. The Labute approximate surface area is 79.8 Å². The number of halogens is 1. The summed E-state index contributed by atoms with van der Waals surface area (Å²) >= 11 is 0. The van der Waals surface area contributed by atoms with Crippen molar-refractivity contribution in [2.45, 2.75) is 0 Å². The minimum atomic E-state index is -0.499. The molecule has 72 valence electrons. The van der Waals surface area contributed by atoms with Crippen molar-refractivity contribution in [1.29, 1.82) is 0 Å². The number of hydrogen-bond acceptors (Lipinski definition) is 3. The molecule has 5 heteroatoms. The highest BCUT2D eigenvalue weighted by Gasteiger charge is 2.07. The molecule has 2 heterocycles. The molecule has 0 atom stereocenters. The number of pyridine rings is 1. The number of methoxy groups -OCH3 is 1. The SMILES string of the molecule is COc1ncc(-c2ncc[nH]2)cc1F. The molecule has 2 aromatic rings. The molecule has 2 rings (SSSR count). The van der Waals surface area contributed by atoms with Crippen molar-refractivity contribution in [3.8, 4) is 17.3 Å². The molecule has 0 aromatic carbocycles. The fraction of sp³-hybridized carbons (Fsp3) is 0.111. The van der Waals surface area contributed by atoms with Crippen LogP contribution in [-0.4, -0.2) is 22.1 Å². The number of rotatable bonds is 2. The van der Waals surface area contributed by atoms with E-state index in [1.165, 1.54) is 19.4 Å². The second kappa shape index (κ2) is 3.45. The quantitative estimate of drug-likeness (QED) is 0.788. The second-order valence-corrected chi connectivity index (χ2v) is 2.65. The minimum absolute atomic E-state index is 0.0136. The molecule has 0 aliphatic carbocycles. The summed E-state index contributed by atoms with van der Waals surface area (Å²) in [6, 6.07) is 1.32. The lowest BCUT2D eigenvalue weighted by atomic mass is 10.2. The maximum absolute atomic E-state index is 13.2. The van der Waals surface area contributed by atoms with E-state index in [0.717, 1.165) is 0 Å². The van der Waals surface area contributed by atoms with Crippen LogP contribution >= 0.6 is 0 Å². The van der Waals surface area contributed by atoms with E-state index in [0.29, 0.717) is 11.4 Å². The summed E-state index contributed by atoms with van der Waals surface area (Å²) in [7, 11) is 1.37. The van der Waals surface area contributed by atoms with E-state index in [4.69, 9.17) is 4.74 Å². The highest BCUT2D eigenvalue weighted by atomic mass is 19.1. The van der Waals surface area contributed by atoms with Gasteiger partial charge in [-0.15, -0.1) is 0 Å². The summed E-state index contributed by atoms with van der Waals surface area (Å²) in [4.78, 5) is 10.6. The first-order chi connectivity index (χ1) is 6.81. The highest BCUT2D eigenvalue weighted by Crippen LogP contribution is 2.19.